The number of benzene rings is 1. The maximum atomic E-state index is 13.2. The minimum atomic E-state index is -0.963. The lowest BCUT2D eigenvalue weighted by atomic mass is 10.1. The van der Waals surface area contributed by atoms with Crippen molar-refractivity contribution in [1.82, 2.24) is 9.80 Å². The van der Waals surface area contributed by atoms with Gasteiger partial charge in [-0.15, -0.1) is 0 Å². The van der Waals surface area contributed by atoms with E-state index in [4.69, 9.17) is 0 Å². The molecule has 0 spiro atoms. The largest absolute Gasteiger partial charge is 0.298 e. The summed E-state index contributed by atoms with van der Waals surface area (Å²) >= 11 is 0. The predicted molar refractivity (Wildman–Crippen MR) is 76.3 cm³/mol. The molecule has 2 atom stereocenters. The van der Waals surface area contributed by atoms with Crippen LogP contribution in [-0.2, 0) is 0 Å². The molecule has 0 saturated carbocycles. The molecule has 0 aliphatic carbocycles. The van der Waals surface area contributed by atoms with E-state index in [9.17, 15) is 13.6 Å². The highest BCUT2D eigenvalue weighted by molar-refractivity contribution is 5.97. The summed E-state index contributed by atoms with van der Waals surface area (Å²) in [5.74, 6) is -2.03. The lowest BCUT2D eigenvalue weighted by Gasteiger charge is -2.42. The molecule has 1 aromatic carbocycles. The summed E-state index contributed by atoms with van der Waals surface area (Å²) in [5.41, 5.74) is 0.245. The Kier molecular flexibility index (Phi) is 4.04. The number of halogens is 2. The van der Waals surface area contributed by atoms with E-state index in [1.807, 2.05) is 0 Å². The highest BCUT2D eigenvalue weighted by atomic mass is 19.2. The second-order valence-electron chi connectivity index (χ2n) is 6.12. The molecular formula is C16H20F2N2O. The van der Waals surface area contributed by atoms with Gasteiger partial charge in [-0.1, -0.05) is 0 Å². The van der Waals surface area contributed by atoms with E-state index in [-0.39, 0.29) is 17.9 Å². The van der Waals surface area contributed by atoms with Gasteiger partial charge in [-0.3, -0.25) is 14.6 Å². The third-order valence-corrected chi connectivity index (χ3v) is 4.65. The standard InChI is InChI=1S/C16H20F2N2O/c1-11-8-19-6-2-3-13(19)9-20(11)10-16(21)12-4-5-14(17)15(18)7-12/h4-5,7,11,13H,2-3,6,8-10H2,1H3. The Bertz CT molecular complexity index is 549. The van der Waals surface area contributed by atoms with Gasteiger partial charge in [0.2, 0.25) is 0 Å². The third kappa shape index (κ3) is 2.99. The molecule has 21 heavy (non-hydrogen) atoms. The number of nitrogens with zero attached hydrogens (tertiary/aromatic N) is 2. The Hall–Kier alpha value is -1.33. The van der Waals surface area contributed by atoms with E-state index in [1.165, 1.54) is 18.9 Å². The molecule has 3 rings (SSSR count). The van der Waals surface area contributed by atoms with Gasteiger partial charge in [0.05, 0.1) is 6.54 Å². The van der Waals surface area contributed by atoms with E-state index >= 15 is 0 Å². The minimum absolute atomic E-state index is 0.146. The molecule has 0 amide bonds. The Morgan fingerprint density at radius 1 is 1.29 bits per heavy atom. The number of hydrogen-bond donors (Lipinski definition) is 0. The molecule has 0 aromatic heterocycles. The van der Waals surface area contributed by atoms with E-state index in [1.54, 1.807) is 0 Å². The van der Waals surface area contributed by atoms with Crippen molar-refractivity contribution < 1.29 is 13.6 Å². The van der Waals surface area contributed by atoms with Crippen molar-refractivity contribution in [1.29, 1.82) is 0 Å². The van der Waals surface area contributed by atoms with Gasteiger partial charge < -0.3 is 0 Å². The summed E-state index contributed by atoms with van der Waals surface area (Å²) in [6.45, 7) is 5.41. The number of rotatable bonds is 3. The minimum Gasteiger partial charge on any atom is -0.298 e. The molecule has 0 N–H and O–H groups in total. The van der Waals surface area contributed by atoms with E-state index < -0.39 is 11.6 Å². The highest BCUT2D eigenvalue weighted by Gasteiger charge is 2.35. The van der Waals surface area contributed by atoms with Crippen molar-refractivity contribution in [2.75, 3.05) is 26.2 Å². The van der Waals surface area contributed by atoms with Crippen molar-refractivity contribution in [2.24, 2.45) is 0 Å². The van der Waals surface area contributed by atoms with Crippen LogP contribution in [0.2, 0.25) is 0 Å². The summed E-state index contributed by atoms with van der Waals surface area (Å²) in [6, 6.07) is 4.22. The molecule has 114 valence electrons. The first-order chi connectivity index (χ1) is 10.0. The lowest BCUT2D eigenvalue weighted by Crippen LogP contribution is -2.55. The van der Waals surface area contributed by atoms with Crippen LogP contribution in [0.25, 0.3) is 0 Å². The van der Waals surface area contributed by atoms with Crippen LogP contribution in [0.15, 0.2) is 18.2 Å². The third-order valence-electron chi connectivity index (χ3n) is 4.65. The van der Waals surface area contributed by atoms with Crippen molar-refractivity contribution in [3.05, 3.63) is 35.4 Å². The molecule has 3 nitrogen and oxygen atoms in total. The normalized spacial score (nSPS) is 26.8. The summed E-state index contributed by atoms with van der Waals surface area (Å²) in [5, 5.41) is 0. The van der Waals surface area contributed by atoms with Crippen LogP contribution in [0.1, 0.15) is 30.1 Å². The Labute approximate surface area is 123 Å². The fourth-order valence-corrected chi connectivity index (χ4v) is 3.41. The molecular weight excluding hydrogens is 274 g/mol. The average Bonchev–Trinajstić information content (AvgIpc) is 2.89. The van der Waals surface area contributed by atoms with E-state index in [0.29, 0.717) is 12.1 Å². The van der Waals surface area contributed by atoms with E-state index in [0.717, 1.165) is 31.8 Å². The molecule has 2 aliphatic rings. The number of piperazine rings is 1. The van der Waals surface area contributed by atoms with Crippen LogP contribution in [0.4, 0.5) is 8.78 Å². The van der Waals surface area contributed by atoms with Gasteiger partial charge >= 0.3 is 0 Å². The molecule has 2 unspecified atom stereocenters. The molecule has 5 heteroatoms. The van der Waals surface area contributed by atoms with E-state index in [2.05, 4.69) is 16.7 Å². The maximum Gasteiger partial charge on any atom is 0.176 e. The summed E-state index contributed by atoms with van der Waals surface area (Å²) in [7, 11) is 0. The maximum absolute atomic E-state index is 13.2. The molecule has 0 radical (unpaired) electrons. The number of ketones is 1. The molecule has 1 aromatic rings. The van der Waals surface area contributed by atoms with Crippen molar-refractivity contribution >= 4 is 5.78 Å². The Balaban J connectivity index is 1.67. The molecule has 0 bridgehead atoms. The van der Waals surface area contributed by atoms with Gasteiger partial charge in [-0.2, -0.15) is 0 Å². The first-order valence-corrected chi connectivity index (χ1v) is 7.51. The average molecular weight is 294 g/mol. The fraction of sp³-hybridized carbons (Fsp3) is 0.562. The first kappa shape index (κ1) is 14.6. The smallest absolute Gasteiger partial charge is 0.176 e. The first-order valence-electron chi connectivity index (χ1n) is 7.51. The Morgan fingerprint density at radius 3 is 2.86 bits per heavy atom. The number of fused-ring (bicyclic) bond motifs is 1. The van der Waals surface area contributed by atoms with Crippen LogP contribution in [0.5, 0.6) is 0 Å². The second kappa shape index (κ2) is 5.81. The van der Waals surface area contributed by atoms with Crippen LogP contribution < -0.4 is 0 Å². The number of Topliss-reactive ketones (excluding diaryl/α,β-unsaturated/α-hetero) is 1. The Morgan fingerprint density at radius 2 is 2.10 bits per heavy atom. The number of carbonyl (C=O) groups excluding carboxylic acids is 1. The van der Waals surface area contributed by atoms with Gasteiger partial charge in [0.25, 0.3) is 0 Å². The van der Waals surface area contributed by atoms with Crippen LogP contribution in [-0.4, -0.2) is 53.8 Å². The highest BCUT2D eigenvalue weighted by Crippen LogP contribution is 2.24. The molecule has 2 fully saturated rings. The van der Waals surface area contributed by atoms with Gasteiger partial charge in [0.1, 0.15) is 0 Å². The summed E-state index contributed by atoms with van der Waals surface area (Å²) in [6.07, 6.45) is 2.41. The predicted octanol–water partition coefficient (Wildman–Crippen LogP) is 2.32. The van der Waals surface area contributed by atoms with Gasteiger partial charge in [-0.25, -0.2) is 8.78 Å². The van der Waals surface area contributed by atoms with Crippen molar-refractivity contribution in [3.8, 4) is 0 Å². The van der Waals surface area contributed by atoms with Crippen LogP contribution >= 0.6 is 0 Å². The fourth-order valence-electron chi connectivity index (χ4n) is 3.41. The van der Waals surface area contributed by atoms with Gasteiger partial charge in [0.15, 0.2) is 17.4 Å². The monoisotopic (exact) mass is 294 g/mol. The zero-order valence-corrected chi connectivity index (χ0v) is 12.2. The van der Waals surface area contributed by atoms with Crippen LogP contribution in [0.3, 0.4) is 0 Å². The van der Waals surface area contributed by atoms with Crippen molar-refractivity contribution in [3.63, 3.8) is 0 Å². The van der Waals surface area contributed by atoms with Crippen LogP contribution in [0, 0.1) is 11.6 Å². The second-order valence-corrected chi connectivity index (χ2v) is 6.12. The number of carbonyl (C=O) groups is 1. The van der Waals surface area contributed by atoms with Crippen molar-refractivity contribution in [2.45, 2.75) is 31.8 Å². The zero-order valence-electron chi connectivity index (χ0n) is 12.2. The molecule has 2 saturated heterocycles. The summed E-state index contributed by atoms with van der Waals surface area (Å²) < 4.78 is 26.2. The van der Waals surface area contributed by atoms with Gasteiger partial charge in [-0.05, 0) is 44.5 Å². The lowest BCUT2D eigenvalue weighted by molar-refractivity contribution is 0.0535. The quantitative estimate of drug-likeness (QED) is 0.799. The number of hydrogen-bond acceptors (Lipinski definition) is 3. The molecule has 2 aliphatic heterocycles. The molecule has 2 heterocycles. The topological polar surface area (TPSA) is 23.6 Å². The SMILES string of the molecule is CC1CN2CCCC2CN1CC(=O)c1ccc(F)c(F)c1. The zero-order chi connectivity index (χ0) is 15.0. The summed E-state index contributed by atoms with van der Waals surface area (Å²) in [4.78, 5) is 16.9. The van der Waals surface area contributed by atoms with Gasteiger partial charge in [0, 0.05) is 30.7 Å².